The molecule has 1 amide bonds. The molecule has 3 aromatic rings. The van der Waals surface area contributed by atoms with Crippen LogP contribution in [0.4, 0.5) is 0 Å². The molecule has 0 bridgehead atoms. The van der Waals surface area contributed by atoms with E-state index in [4.69, 9.17) is 0 Å². The molecule has 0 fully saturated rings. The number of carbonyl (C=O) groups excluding carboxylic acids is 1. The summed E-state index contributed by atoms with van der Waals surface area (Å²) in [6.07, 6.45) is 5.19. The van der Waals surface area contributed by atoms with Gasteiger partial charge in [0.1, 0.15) is 11.6 Å². The Balaban J connectivity index is 1.66. The van der Waals surface area contributed by atoms with Crippen molar-refractivity contribution in [1.29, 1.82) is 0 Å². The average Bonchev–Trinajstić information content (AvgIpc) is 3.17. The summed E-state index contributed by atoms with van der Waals surface area (Å²) in [5, 5.41) is 9.89. The normalized spacial score (nSPS) is 11.5. The molecule has 0 saturated carbocycles. The van der Waals surface area contributed by atoms with Crippen molar-refractivity contribution >= 4 is 5.91 Å². The smallest absolute Gasteiger partial charge is 0.228 e. The molecule has 3 N–H and O–H groups in total. The van der Waals surface area contributed by atoms with Crippen molar-refractivity contribution in [2.75, 3.05) is 0 Å². The molecule has 0 saturated heterocycles. The van der Waals surface area contributed by atoms with Crippen LogP contribution >= 0.6 is 0 Å². The Morgan fingerprint density at radius 1 is 1.29 bits per heavy atom. The molecule has 124 valence electrons. The van der Waals surface area contributed by atoms with Gasteiger partial charge in [0.2, 0.25) is 5.91 Å². The summed E-state index contributed by atoms with van der Waals surface area (Å²) in [5.74, 6) is 1.60. The predicted molar refractivity (Wildman–Crippen MR) is 87.8 cm³/mol. The Morgan fingerprint density at radius 2 is 2.04 bits per heavy atom. The highest BCUT2D eigenvalue weighted by Gasteiger charge is 2.26. The first kappa shape index (κ1) is 15.9. The number of hydrogen-bond donors (Lipinski definition) is 3. The third-order valence-corrected chi connectivity index (χ3v) is 3.55. The highest BCUT2D eigenvalue weighted by molar-refractivity contribution is 5.78. The summed E-state index contributed by atoms with van der Waals surface area (Å²) in [4.78, 5) is 28.0. The molecule has 0 aliphatic rings. The van der Waals surface area contributed by atoms with E-state index in [0.717, 1.165) is 11.3 Å². The van der Waals surface area contributed by atoms with Crippen molar-refractivity contribution in [3.05, 3.63) is 48.1 Å². The number of amides is 1. The van der Waals surface area contributed by atoms with Crippen LogP contribution in [0.3, 0.4) is 0 Å². The van der Waals surface area contributed by atoms with E-state index in [-0.39, 0.29) is 12.3 Å². The number of aromatic amines is 2. The molecule has 8 nitrogen and oxygen atoms in total. The maximum absolute atomic E-state index is 12.3. The van der Waals surface area contributed by atoms with Crippen LogP contribution in [0.2, 0.25) is 0 Å². The Kier molecular flexibility index (Phi) is 4.11. The van der Waals surface area contributed by atoms with E-state index in [2.05, 4.69) is 35.5 Å². The van der Waals surface area contributed by atoms with Gasteiger partial charge in [0.25, 0.3) is 0 Å². The Morgan fingerprint density at radius 3 is 2.71 bits per heavy atom. The predicted octanol–water partition coefficient (Wildman–Crippen LogP) is 1.49. The first-order chi connectivity index (χ1) is 11.4. The van der Waals surface area contributed by atoms with Crippen molar-refractivity contribution in [3.63, 3.8) is 0 Å². The van der Waals surface area contributed by atoms with E-state index in [0.29, 0.717) is 17.5 Å². The molecule has 0 aliphatic carbocycles. The highest BCUT2D eigenvalue weighted by Crippen LogP contribution is 2.17. The van der Waals surface area contributed by atoms with Crippen LogP contribution < -0.4 is 5.32 Å². The number of carbonyl (C=O) groups is 1. The summed E-state index contributed by atoms with van der Waals surface area (Å²) in [7, 11) is 0. The molecule has 0 aliphatic heterocycles. The van der Waals surface area contributed by atoms with Gasteiger partial charge in [0, 0.05) is 29.8 Å². The van der Waals surface area contributed by atoms with Gasteiger partial charge in [-0.2, -0.15) is 5.10 Å². The molecule has 8 heteroatoms. The van der Waals surface area contributed by atoms with Crippen LogP contribution in [-0.4, -0.2) is 36.0 Å². The van der Waals surface area contributed by atoms with E-state index in [1.54, 1.807) is 18.6 Å². The minimum atomic E-state index is -0.598. The zero-order chi connectivity index (χ0) is 17.2. The van der Waals surface area contributed by atoms with Gasteiger partial charge in [0.15, 0.2) is 5.82 Å². The van der Waals surface area contributed by atoms with Crippen LogP contribution in [0.25, 0.3) is 11.4 Å². The largest absolute Gasteiger partial charge is 0.344 e. The molecular formula is C16H19N7O. The average molecular weight is 325 g/mol. The van der Waals surface area contributed by atoms with Crippen LogP contribution in [0.15, 0.2) is 30.7 Å². The van der Waals surface area contributed by atoms with Gasteiger partial charge in [-0.05, 0) is 32.9 Å². The summed E-state index contributed by atoms with van der Waals surface area (Å²) in [5.41, 5.74) is 1.20. The fourth-order valence-electron chi connectivity index (χ4n) is 2.34. The van der Waals surface area contributed by atoms with Crippen molar-refractivity contribution < 1.29 is 4.79 Å². The molecule has 3 rings (SSSR count). The Labute approximate surface area is 139 Å². The van der Waals surface area contributed by atoms with Gasteiger partial charge in [0.05, 0.1) is 12.0 Å². The standard InChI is InChI=1S/C16H19N7O/c1-10-9-18-15(19-10)16(2,3)21-13(24)8-12-20-14(23-22-12)11-4-6-17-7-5-11/h4-7,9H,8H2,1-3H3,(H,18,19)(H,21,24)(H,20,22,23). The Bertz CT molecular complexity index is 835. The quantitative estimate of drug-likeness (QED) is 0.658. The second kappa shape index (κ2) is 6.23. The van der Waals surface area contributed by atoms with Gasteiger partial charge >= 0.3 is 0 Å². The van der Waals surface area contributed by atoms with E-state index >= 15 is 0 Å². The summed E-state index contributed by atoms with van der Waals surface area (Å²) < 4.78 is 0. The molecule has 3 heterocycles. The van der Waals surface area contributed by atoms with Gasteiger partial charge in [-0.1, -0.05) is 0 Å². The maximum Gasteiger partial charge on any atom is 0.228 e. The summed E-state index contributed by atoms with van der Waals surface area (Å²) >= 11 is 0. The molecule has 24 heavy (non-hydrogen) atoms. The second-order valence-electron chi connectivity index (χ2n) is 6.11. The number of H-pyrrole nitrogens is 2. The number of aromatic nitrogens is 6. The third-order valence-electron chi connectivity index (χ3n) is 3.55. The van der Waals surface area contributed by atoms with E-state index in [9.17, 15) is 4.79 Å². The number of nitrogens with one attached hydrogen (secondary N) is 3. The molecule has 3 aromatic heterocycles. The van der Waals surface area contributed by atoms with Crippen LogP contribution in [0.1, 0.15) is 31.2 Å². The number of hydrogen-bond acceptors (Lipinski definition) is 5. The molecule has 0 atom stereocenters. The van der Waals surface area contributed by atoms with Crippen LogP contribution in [0.5, 0.6) is 0 Å². The van der Waals surface area contributed by atoms with Gasteiger partial charge in [-0.15, -0.1) is 0 Å². The molecule has 0 aromatic carbocycles. The third kappa shape index (κ3) is 3.48. The van der Waals surface area contributed by atoms with E-state index in [1.165, 1.54) is 0 Å². The minimum absolute atomic E-state index is 0.112. The van der Waals surface area contributed by atoms with Crippen LogP contribution in [-0.2, 0) is 16.8 Å². The highest BCUT2D eigenvalue weighted by atomic mass is 16.1. The van der Waals surface area contributed by atoms with Crippen molar-refractivity contribution in [2.24, 2.45) is 0 Å². The number of imidazole rings is 1. The SMILES string of the molecule is Cc1cnc(C(C)(C)NC(=O)Cc2nc(-c3ccncc3)n[nH]2)[nH]1. The monoisotopic (exact) mass is 325 g/mol. The molecule has 0 unspecified atom stereocenters. The van der Waals surface area contributed by atoms with Gasteiger partial charge in [-0.25, -0.2) is 9.97 Å². The van der Waals surface area contributed by atoms with Gasteiger partial charge in [-0.3, -0.25) is 14.9 Å². The van der Waals surface area contributed by atoms with Crippen molar-refractivity contribution in [1.82, 2.24) is 35.5 Å². The number of rotatable bonds is 5. The fraction of sp³-hybridized carbons (Fsp3) is 0.312. The lowest BCUT2D eigenvalue weighted by Crippen LogP contribution is -2.42. The molecule has 0 radical (unpaired) electrons. The number of pyridine rings is 1. The Hall–Kier alpha value is -3.03. The molecular weight excluding hydrogens is 306 g/mol. The zero-order valence-corrected chi connectivity index (χ0v) is 13.8. The first-order valence-electron chi connectivity index (χ1n) is 7.59. The lowest BCUT2D eigenvalue weighted by molar-refractivity contribution is -0.122. The van der Waals surface area contributed by atoms with Crippen molar-refractivity contribution in [2.45, 2.75) is 32.7 Å². The first-order valence-corrected chi connectivity index (χ1v) is 7.59. The zero-order valence-electron chi connectivity index (χ0n) is 13.8. The molecule has 0 spiro atoms. The maximum atomic E-state index is 12.3. The van der Waals surface area contributed by atoms with Crippen LogP contribution in [0, 0.1) is 6.92 Å². The lowest BCUT2D eigenvalue weighted by Gasteiger charge is -2.23. The topological polar surface area (TPSA) is 112 Å². The summed E-state index contributed by atoms with van der Waals surface area (Å²) in [6, 6.07) is 3.63. The minimum Gasteiger partial charge on any atom is -0.344 e. The number of nitrogens with zero attached hydrogens (tertiary/aromatic N) is 4. The number of aryl methyl sites for hydroxylation is 1. The fourth-order valence-corrected chi connectivity index (χ4v) is 2.34. The van der Waals surface area contributed by atoms with E-state index < -0.39 is 5.54 Å². The second-order valence-corrected chi connectivity index (χ2v) is 6.11. The lowest BCUT2D eigenvalue weighted by atomic mass is 10.0. The van der Waals surface area contributed by atoms with E-state index in [1.807, 2.05) is 32.9 Å². The van der Waals surface area contributed by atoms with Crippen molar-refractivity contribution in [3.8, 4) is 11.4 Å². The summed E-state index contributed by atoms with van der Waals surface area (Å²) in [6.45, 7) is 5.71. The van der Waals surface area contributed by atoms with Gasteiger partial charge < -0.3 is 10.3 Å².